The Bertz CT molecular complexity index is 1100. The van der Waals surface area contributed by atoms with Gasteiger partial charge in [0.1, 0.15) is 5.75 Å². The average Bonchev–Trinajstić information content (AvgIpc) is 2.73. The summed E-state index contributed by atoms with van der Waals surface area (Å²) >= 11 is 0. The molecule has 3 nitrogen and oxygen atoms in total. The van der Waals surface area contributed by atoms with Gasteiger partial charge in [-0.25, -0.2) is 0 Å². The number of hydrogen-bond donors (Lipinski definition) is 0. The van der Waals surface area contributed by atoms with Crippen molar-refractivity contribution in [1.29, 1.82) is 0 Å². The van der Waals surface area contributed by atoms with E-state index in [1.54, 1.807) is 7.11 Å². The average molecular weight is 357 g/mol. The van der Waals surface area contributed by atoms with Crippen LogP contribution in [0.5, 0.6) is 5.75 Å². The fourth-order valence-electron chi connectivity index (χ4n) is 3.74. The van der Waals surface area contributed by atoms with Crippen LogP contribution in [-0.4, -0.2) is 11.7 Å². The summed E-state index contributed by atoms with van der Waals surface area (Å²) in [6, 6.07) is 16.1. The Morgan fingerprint density at radius 3 is 2.56 bits per heavy atom. The first kappa shape index (κ1) is 17.3. The topological polar surface area (TPSA) is 31.2 Å². The van der Waals surface area contributed by atoms with E-state index in [0.717, 1.165) is 58.3 Å². The molecule has 136 valence electrons. The van der Waals surface area contributed by atoms with Gasteiger partial charge in [-0.1, -0.05) is 49.4 Å². The van der Waals surface area contributed by atoms with Crippen molar-refractivity contribution in [3.63, 3.8) is 0 Å². The first-order valence-electron chi connectivity index (χ1n) is 9.42. The third-order valence-corrected chi connectivity index (χ3v) is 5.12. The molecule has 0 N–H and O–H groups in total. The number of fused-ring (bicyclic) bond motifs is 1. The molecule has 0 amide bonds. The zero-order valence-corrected chi connectivity index (χ0v) is 15.7. The van der Waals surface area contributed by atoms with Crippen LogP contribution >= 0.6 is 0 Å². The fourth-order valence-corrected chi connectivity index (χ4v) is 3.74. The Hall–Kier alpha value is -3.07. The molecule has 0 atom stereocenters. The van der Waals surface area contributed by atoms with Crippen LogP contribution in [-0.2, 0) is 6.42 Å². The minimum Gasteiger partial charge on any atom is -0.497 e. The van der Waals surface area contributed by atoms with Crippen molar-refractivity contribution in [3.8, 4) is 16.9 Å². The van der Waals surface area contributed by atoms with Crippen LogP contribution in [0.25, 0.3) is 27.6 Å². The lowest BCUT2D eigenvalue weighted by Crippen LogP contribution is -2.23. The van der Waals surface area contributed by atoms with Crippen LogP contribution in [0.4, 0.5) is 0 Å². The normalized spacial score (nSPS) is 13.6. The predicted octanol–water partition coefficient (Wildman–Crippen LogP) is 5.43. The standard InChI is InChI=1S/C24H23NO2/c1-3-19-16-18-8-7-11-22(17-12-14-21(27-2)15-13-17)23(18)24(26)25(19)20-9-5-4-6-10-20/h5,7-16H,3-4,6H2,1-2H3. The van der Waals surface area contributed by atoms with Gasteiger partial charge in [0.25, 0.3) is 5.56 Å². The number of ether oxygens (including phenoxy) is 1. The van der Waals surface area contributed by atoms with Crippen molar-refractivity contribution >= 4 is 16.5 Å². The van der Waals surface area contributed by atoms with Crippen LogP contribution in [0.2, 0.25) is 0 Å². The second kappa shape index (κ2) is 7.28. The molecule has 3 aromatic rings. The molecule has 1 aliphatic carbocycles. The van der Waals surface area contributed by atoms with E-state index < -0.39 is 0 Å². The molecule has 1 aromatic heterocycles. The monoisotopic (exact) mass is 357 g/mol. The summed E-state index contributed by atoms with van der Waals surface area (Å²) in [5, 5.41) is 1.75. The Balaban J connectivity index is 2.00. The second-order valence-electron chi connectivity index (χ2n) is 6.74. The van der Waals surface area contributed by atoms with Crippen molar-refractivity contribution in [2.75, 3.05) is 7.11 Å². The second-order valence-corrected chi connectivity index (χ2v) is 6.74. The molecule has 0 spiro atoms. The number of rotatable bonds is 4. The number of hydrogen-bond acceptors (Lipinski definition) is 2. The van der Waals surface area contributed by atoms with E-state index in [2.05, 4.69) is 31.2 Å². The Kier molecular flexibility index (Phi) is 4.68. The molecule has 3 heteroatoms. The van der Waals surface area contributed by atoms with Gasteiger partial charge >= 0.3 is 0 Å². The van der Waals surface area contributed by atoms with Crippen molar-refractivity contribution in [2.24, 2.45) is 0 Å². The van der Waals surface area contributed by atoms with Gasteiger partial charge in [-0.2, -0.15) is 0 Å². The quantitative estimate of drug-likeness (QED) is 0.623. The molecule has 0 unspecified atom stereocenters. The summed E-state index contributed by atoms with van der Waals surface area (Å²) in [6.45, 7) is 2.09. The maximum atomic E-state index is 13.6. The van der Waals surface area contributed by atoms with Gasteiger partial charge in [0, 0.05) is 11.4 Å². The van der Waals surface area contributed by atoms with E-state index >= 15 is 0 Å². The lowest BCUT2D eigenvalue weighted by atomic mass is 9.98. The van der Waals surface area contributed by atoms with Gasteiger partial charge in [0.05, 0.1) is 12.5 Å². The smallest absolute Gasteiger partial charge is 0.263 e. The summed E-state index contributed by atoms with van der Waals surface area (Å²) < 4.78 is 7.14. The summed E-state index contributed by atoms with van der Waals surface area (Å²) in [4.78, 5) is 13.6. The van der Waals surface area contributed by atoms with Gasteiger partial charge in [0.2, 0.25) is 0 Å². The molecule has 4 rings (SSSR count). The largest absolute Gasteiger partial charge is 0.497 e. The van der Waals surface area contributed by atoms with E-state index in [0.29, 0.717) is 0 Å². The zero-order valence-electron chi connectivity index (χ0n) is 15.7. The highest BCUT2D eigenvalue weighted by atomic mass is 16.5. The summed E-state index contributed by atoms with van der Waals surface area (Å²) in [6.07, 6.45) is 9.17. The summed E-state index contributed by atoms with van der Waals surface area (Å²) in [5.74, 6) is 0.808. The van der Waals surface area contributed by atoms with Crippen molar-refractivity contribution < 1.29 is 4.74 Å². The van der Waals surface area contributed by atoms with E-state index in [1.807, 2.05) is 47.0 Å². The molecule has 0 bridgehead atoms. The number of methoxy groups -OCH3 is 1. The van der Waals surface area contributed by atoms with Gasteiger partial charge < -0.3 is 4.74 Å². The molecule has 0 saturated carbocycles. The minimum absolute atomic E-state index is 0.0496. The lowest BCUT2D eigenvalue weighted by Gasteiger charge is -2.17. The number of aryl methyl sites for hydroxylation is 1. The van der Waals surface area contributed by atoms with Crippen molar-refractivity contribution in [3.05, 3.63) is 82.8 Å². The molecule has 0 aliphatic heterocycles. The number of benzene rings is 2. The van der Waals surface area contributed by atoms with Crippen LogP contribution in [0.3, 0.4) is 0 Å². The van der Waals surface area contributed by atoms with Crippen LogP contribution in [0.1, 0.15) is 25.5 Å². The van der Waals surface area contributed by atoms with Gasteiger partial charge in [-0.3, -0.25) is 9.36 Å². The molecule has 1 heterocycles. The van der Waals surface area contributed by atoms with E-state index in [1.165, 1.54) is 0 Å². The summed E-state index contributed by atoms with van der Waals surface area (Å²) in [5.41, 5.74) is 4.04. The Morgan fingerprint density at radius 1 is 1.07 bits per heavy atom. The first-order chi connectivity index (χ1) is 13.2. The van der Waals surface area contributed by atoms with Crippen LogP contribution in [0.15, 0.2) is 71.6 Å². The maximum Gasteiger partial charge on any atom is 0.263 e. The predicted molar refractivity (Wildman–Crippen MR) is 112 cm³/mol. The minimum atomic E-state index is 0.0496. The maximum absolute atomic E-state index is 13.6. The molecule has 27 heavy (non-hydrogen) atoms. The number of allylic oxidation sites excluding steroid dienone is 4. The highest BCUT2D eigenvalue weighted by molar-refractivity contribution is 5.96. The third-order valence-electron chi connectivity index (χ3n) is 5.12. The first-order valence-corrected chi connectivity index (χ1v) is 9.42. The zero-order chi connectivity index (χ0) is 18.8. The molecular formula is C24H23NO2. The molecule has 0 fully saturated rings. The van der Waals surface area contributed by atoms with Gasteiger partial charge in [-0.05, 0) is 60.1 Å². The Morgan fingerprint density at radius 2 is 1.89 bits per heavy atom. The van der Waals surface area contributed by atoms with E-state index in [4.69, 9.17) is 4.74 Å². The SMILES string of the molecule is CCc1cc2cccc(-c3ccc(OC)cc3)c2c(=O)n1C1=CCCC=C1. The van der Waals surface area contributed by atoms with E-state index in [-0.39, 0.29) is 5.56 Å². The molecule has 0 saturated heterocycles. The molecule has 0 radical (unpaired) electrons. The Labute approximate surface area is 159 Å². The molecule has 1 aliphatic rings. The number of pyridine rings is 1. The highest BCUT2D eigenvalue weighted by Crippen LogP contribution is 2.29. The number of aromatic nitrogens is 1. The van der Waals surface area contributed by atoms with Crippen molar-refractivity contribution in [1.82, 2.24) is 4.57 Å². The van der Waals surface area contributed by atoms with Crippen molar-refractivity contribution in [2.45, 2.75) is 26.2 Å². The van der Waals surface area contributed by atoms with E-state index in [9.17, 15) is 4.79 Å². The number of nitrogens with zero attached hydrogens (tertiary/aromatic N) is 1. The van der Waals surface area contributed by atoms with Crippen LogP contribution < -0.4 is 10.3 Å². The molecule has 2 aromatic carbocycles. The molecular weight excluding hydrogens is 334 g/mol. The third kappa shape index (κ3) is 3.10. The van der Waals surface area contributed by atoms with Gasteiger partial charge in [-0.15, -0.1) is 0 Å². The van der Waals surface area contributed by atoms with Crippen LogP contribution in [0, 0.1) is 0 Å². The highest BCUT2D eigenvalue weighted by Gasteiger charge is 2.15. The fraction of sp³-hybridized carbons (Fsp3) is 0.208. The van der Waals surface area contributed by atoms with Gasteiger partial charge in [0.15, 0.2) is 0 Å². The lowest BCUT2D eigenvalue weighted by molar-refractivity contribution is 0.415. The summed E-state index contributed by atoms with van der Waals surface area (Å²) in [7, 11) is 1.66.